The van der Waals surface area contributed by atoms with E-state index in [1.54, 1.807) is 37.4 Å². The zero-order valence-corrected chi connectivity index (χ0v) is 12.8. The van der Waals surface area contributed by atoms with Gasteiger partial charge in [-0.25, -0.2) is 4.39 Å². The van der Waals surface area contributed by atoms with Gasteiger partial charge in [0, 0.05) is 10.6 Å². The first-order valence-corrected chi connectivity index (χ1v) is 7.46. The van der Waals surface area contributed by atoms with Gasteiger partial charge in [0.2, 0.25) is 5.91 Å². The number of benzene rings is 2. The summed E-state index contributed by atoms with van der Waals surface area (Å²) in [5, 5.41) is 2.82. The molecule has 0 aliphatic rings. The Morgan fingerprint density at radius 1 is 1.29 bits per heavy atom. The van der Waals surface area contributed by atoms with Crippen LogP contribution in [-0.4, -0.2) is 18.8 Å². The average Bonchev–Trinajstić information content (AvgIpc) is 2.49. The number of amides is 1. The van der Waals surface area contributed by atoms with E-state index in [9.17, 15) is 9.18 Å². The van der Waals surface area contributed by atoms with Crippen molar-refractivity contribution in [2.75, 3.05) is 18.2 Å². The standard InChI is InChI=1S/C15H13ClFNO2S/c1-20-11-4-2-10(3-5-11)18-15(19)9-21-12-6-7-14(17)13(16)8-12/h2-8H,9H2,1H3,(H,18,19). The van der Waals surface area contributed by atoms with Crippen molar-refractivity contribution in [3.8, 4) is 5.75 Å². The molecule has 0 aromatic heterocycles. The predicted molar refractivity (Wildman–Crippen MR) is 83.8 cm³/mol. The van der Waals surface area contributed by atoms with Crippen molar-refractivity contribution in [2.45, 2.75) is 4.90 Å². The summed E-state index contributed by atoms with van der Waals surface area (Å²) in [6.07, 6.45) is 0. The van der Waals surface area contributed by atoms with Crippen LogP contribution in [0.25, 0.3) is 0 Å². The Morgan fingerprint density at radius 3 is 2.62 bits per heavy atom. The molecule has 0 atom stereocenters. The summed E-state index contributed by atoms with van der Waals surface area (Å²) >= 11 is 6.98. The Bertz CT molecular complexity index is 634. The molecule has 0 heterocycles. The SMILES string of the molecule is COc1ccc(NC(=O)CSc2ccc(F)c(Cl)c2)cc1. The summed E-state index contributed by atoms with van der Waals surface area (Å²) in [6, 6.07) is 11.4. The molecule has 1 amide bonds. The number of thioether (sulfide) groups is 1. The molecule has 0 spiro atoms. The minimum atomic E-state index is -0.469. The van der Waals surface area contributed by atoms with Gasteiger partial charge in [-0.05, 0) is 42.5 Å². The molecule has 6 heteroatoms. The van der Waals surface area contributed by atoms with Crippen LogP contribution in [0.1, 0.15) is 0 Å². The van der Waals surface area contributed by atoms with Gasteiger partial charge in [-0.2, -0.15) is 0 Å². The predicted octanol–water partition coefficient (Wildman–Crippen LogP) is 4.22. The maximum atomic E-state index is 13.0. The van der Waals surface area contributed by atoms with E-state index in [0.717, 1.165) is 10.6 Å². The van der Waals surface area contributed by atoms with Gasteiger partial charge in [0.25, 0.3) is 0 Å². The van der Waals surface area contributed by atoms with E-state index in [1.165, 1.54) is 23.9 Å². The highest BCUT2D eigenvalue weighted by Gasteiger charge is 2.06. The first-order valence-electron chi connectivity index (χ1n) is 6.10. The third-order valence-electron chi connectivity index (χ3n) is 2.63. The smallest absolute Gasteiger partial charge is 0.234 e. The van der Waals surface area contributed by atoms with E-state index in [4.69, 9.17) is 16.3 Å². The van der Waals surface area contributed by atoms with Crippen LogP contribution in [0.5, 0.6) is 5.75 Å². The Hall–Kier alpha value is -1.72. The lowest BCUT2D eigenvalue weighted by atomic mass is 10.3. The van der Waals surface area contributed by atoms with E-state index in [0.29, 0.717) is 5.69 Å². The zero-order chi connectivity index (χ0) is 15.2. The van der Waals surface area contributed by atoms with E-state index in [2.05, 4.69) is 5.32 Å². The van der Waals surface area contributed by atoms with E-state index < -0.39 is 5.82 Å². The van der Waals surface area contributed by atoms with E-state index in [1.807, 2.05) is 0 Å². The minimum Gasteiger partial charge on any atom is -0.497 e. The maximum Gasteiger partial charge on any atom is 0.234 e. The van der Waals surface area contributed by atoms with Gasteiger partial charge in [0.1, 0.15) is 11.6 Å². The van der Waals surface area contributed by atoms with Gasteiger partial charge in [-0.15, -0.1) is 11.8 Å². The summed E-state index contributed by atoms with van der Waals surface area (Å²) in [5.74, 6) is 0.325. The second kappa shape index (κ2) is 7.33. The van der Waals surface area contributed by atoms with Crippen LogP contribution < -0.4 is 10.1 Å². The molecule has 2 aromatic rings. The quantitative estimate of drug-likeness (QED) is 0.836. The molecule has 3 nitrogen and oxygen atoms in total. The second-order valence-corrected chi connectivity index (χ2v) is 5.60. The lowest BCUT2D eigenvalue weighted by molar-refractivity contribution is -0.113. The summed E-state index contributed by atoms with van der Waals surface area (Å²) in [6.45, 7) is 0. The van der Waals surface area contributed by atoms with Crippen LogP contribution in [0, 0.1) is 5.82 Å². The van der Waals surface area contributed by atoms with Crippen molar-refractivity contribution in [3.05, 3.63) is 53.3 Å². The van der Waals surface area contributed by atoms with Gasteiger partial charge in [-0.3, -0.25) is 4.79 Å². The fraction of sp³-hybridized carbons (Fsp3) is 0.133. The third-order valence-corrected chi connectivity index (χ3v) is 3.92. The Balaban J connectivity index is 1.87. The van der Waals surface area contributed by atoms with E-state index in [-0.39, 0.29) is 16.7 Å². The zero-order valence-electron chi connectivity index (χ0n) is 11.2. The normalized spacial score (nSPS) is 10.2. The number of methoxy groups -OCH3 is 1. The highest BCUT2D eigenvalue weighted by atomic mass is 35.5. The van der Waals surface area contributed by atoms with Gasteiger partial charge < -0.3 is 10.1 Å². The number of rotatable bonds is 5. The van der Waals surface area contributed by atoms with Crippen molar-refractivity contribution >= 4 is 35.0 Å². The first kappa shape index (κ1) is 15.7. The third kappa shape index (κ3) is 4.65. The number of halogens is 2. The second-order valence-electron chi connectivity index (χ2n) is 4.14. The molecule has 0 aliphatic heterocycles. The Labute approximate surface area is 131 Å². The Kier molecular flexibility index (Phi) is 5.47. The summed E-state index contributed by atoms with van der Waals surface area (Å²) < 4.78 is 18.1. The van der Waals surface area contributed by atoms with Crippen molar-refractivity contribution in [1.82, 2.24) is 0 Å². The molecule has 0 radical (unpaired) electrons. The highest BCUT2D eigenvalue weighted by molar-refractivity contribution is 8.00. The molecule has 2 rings (SSSR count). The van der Waals surface area contributed by atoms with Gasteiger partial charge in [-0.1, -0.05) is 11.6 Å². The largest absolute Gasteiger partial charge is 0.497 e. The van der Waals surface area contributed by atoms with Crippen molar-refractivity contribution in [3.63, 3.8) is 0 Å². The molecule has 0 saturated carbocycles. The van der Waals surface area contributed by atoms with Crippen molar-refractivity contribution < 1.29 is 13.9 Å². The van der Waals surface area contributed by atoms with Gasteiger partial charge in [0.15, 0.2) is 0 Å². The van der Waals surface area contributed by atoms with Crippen molar-refractivity contribution in [1.29, 1.82) is 0 Å². The molecule has 0 unspecified atom stereocenters. The molecule has 0 saturated heterocycles. The van der Waals surface area contributed by atoms with Crippen LogP contribution in [0.3, 0.4) is 0 Å². The van der Waals surface area contributed by atoms with Crippen LogP contribution in [0.4, 0.5) is 10.1 Å². The maximum absolute atomic E-state index is 13.0. The van der Waals surface area contributed by atoms with Gasteiger partial charge >= 0.3 is 0 Å². The highest BCUT2D eigenvalue weighted by Crippen LogP contribution is 2.24. The fourth-order valence-electron chi connectivity index (χ4n) is 1.59. The monoisotopic (exact) mass is 325 g/mol. The number of hydrogen-bond donors (Lipinski definition) is 1. The van der Waals surface area contributed by atoms with E-state index >= 15 is 0 Å². The van der Waals surface area contributed by atoms with Crippen LogP contribution in [-0.2, 0) is 4.79 Å². The molecule has 0 fully saturated rings. The number of carbonyl (C=O) groups excluding carboxylic acids is 1. The number of carbonyl (C=O) groups is 1. The molecule has 110 valence electrons. The molecule has 1 N–H and O–H groups in total. The van der Waals surface area contributed by atoms with Crippen molar-refractivity contribution in [2.24, 2.45) is 0 Å². The minimum absolute atomic E-state index is 0.0514. The fourth-order valence-corrected chi connectivity index (χ4v) is 2.57. The lowest BCUT2D eigenvalue weighted by Gasteiger charge is -2.06. The molecule has 21 heavy (non-hydrogen) atoms. The number of anilines is 1. The van der Waals surface area contributed by atoms with Crippen LogP contribution in [0.15, 0.2) is 47.4 Å². The average molecular weight is 326 g/mol. The number of nitrogens with one attached hydrogen (secondary N) is 1. The van der Waals surface area contributed by atoms with Crippen LogP contribution >= 0.6 is 23.4 Å². The molecule has 2 aromatic carbocycles. The number of hydrogen-bond acceptors (Lipinski definition) is 3. The molecule has 0 bridgehead atoms. The topological polar surface area (TPSA) is 38.3 Å². The first-order chi connectivity index (χ1) is 10.1. The lowest BCUT2D eigenvalue weighted by Crippen LogP contribution is -2.13. The summed E-state index contributed by atoms with van der Waals surface area (Å²) in [7, 11) is 1.58. The van der Waals surface area contributed by atoms with Crippen LogP contribution in [0.2, 0.25) is 5.02 Å². The summed E-state index contributed by atoms with van der Waals surface area (Å²) in [4.78, 5) is 12.6. The molecular weight excluding hydrogens is 313 g/mol. The molecular formula is C15H13ClFNO2S. The number of ether oxygens (including phenoxy) is 1. The molecule has 0 aliphatic carbocycles. The summed E-state index contributed by atoms with van der Waals surface area (Å²) in [5.41, 5.74) is 0.693. The van der Waals surface area contributed by atoms with Gasteiger partial charge in [0.05, 0.1) is 17.9 Å². The Morgan fingerprint density at radius 2 is 2.00 bits per heavy atom.